The molecular formula is C12H15Br2NO3S. The summed E-state index contributed by atoms with van der Waals surface area (Å²) in [4.78, 5) is 0.304. The van der Waals surface area contributed by atoms with Crippen LogP contribution < -0.4 is 0 Å². The predicted molar refractivity (Wildman–Crippen MR) is 80.6 cm³/mol. The molecular weight excluding hydrogens is 398 g/mol. The molecule has 0 amide bonds. The van der Waals surface area contributed by atoms with Crippen LogP contribution in [-0.2, 0) is 14.8 Å². The van der Waals surface area contributed by atoms with Crippen molar-refractivity contribution in [2.75, 3.05) is 20.3 Å². The Kier molecular flexibility index (Phi) is 5.05. The number of hydrogen-bond donors (Lipinski definition) is 0. The maximum atomic E-state index is 12.7. The number of benzene rings is 1. The zero-order chi connectivity index (χ0) is 14.0. The van der Waals surface area contributed by atoms with Crippen molar-refractivity contribution in [3.63, 3.8) is 0 Å². The second-order valence-electron chi connectivity index (χ2n) is 4.41. The van der Waals surface area contributed by atoms with Gasteiger partial charge in [-0.25, -0.2) is 8.42 Å². The molecule has 1 aliphatic carbocycles. The van der Waals surface area contributed by atoms with Crippen molar-refractivity contribution >= 4 is 41.9 Å². The van der Waals surface area contributed by atoms with Crippen molar-refractivity contribution in [3.05, 3.63) is 27.1 Å². The van der Waals surface area contributed by atoms with Crippen LogP contribution in [0.3, 0.4) is 0 Å². The van der Waals surface area contributed by atoms with Crippen LogP contribution in [0.1, 0.15) is 12.8 Å². The smallest absolute Gasteiger partial charge is 0.244 e. The minimum Gasteiger partial charge on any atom is -0.383 e. The van der Waals surface area contributed by atoms with E-state index >= 15 is 0 Å². The van der Waals surface area contributed by atoms with Gasteiger partial charge < -0.3 is 4.74 Å². The first-order valence-electron chi connectivity index (χ1n) is 5.92. The lowest BCUT2D eigenvalue weighted by atomic mass is 10.4. The number of methoxy groups -OCH3 is 1. The number of nitrogens with zero attached hydrogens (tertiary/aromatic N) is 1. The summed E-state index contributed by atoms with van der Waals surface area (Å²) in [6.45, 7) is 0.801. The van der Waals surface area contributed by atoms with Crippen LogP contribution in [0.4, 0.5) is 0 Å². The summed E-state index contributed by atoms with van der Waals surface area (Å²) in [6, 6.07) is 5.22. The zero-order valence-corrected chi connectivity index (χ0v) is 14.5. The summed E-state index contributed by atoms with van der Waals surface area (Å²) < 4.78 is 33.3. The Balaban J connectivity index is 2.33. The molecule has 0 N–H and O–H groups in total. The van der Waals surface area contributed by atoms with Gasteiger partial charge in [-0.15, -0.1) is 0 Å². The molecule has 7 heteroatoms. The van der Waals surface area contributed by atoms with Gasteiger partial charge in [-0.05, 0) is 47.0 Å². The third-order valence-electron chi connectivity index (χ3n) is 2.95. The maximum absolute atomic E-state index is 12.7. The normalized spacial score (nSPS) is 16.0. The zero-order valence-electron chi connectivity index (χ0n) is 10.5. The Labute approximate surface area is 130 Å². The Morgan fingerprint density at radius 3 is 2.58 bits per heavy atom. The van der Waals surface area contributed by atoms with Crippen molar-refractivity contribution in [2.24, 2.45) is 0 Å². The maximum Gasteiger partial charge on any atom is 0.244 e. The van der Waals surface area contributed by atoms with Gasteiger partial charge in [0, 0.05) is 28.6 Å². The van der Waals surface area contributed by atoms with Crippen LogP contribution in [0.5, 0.6) is 0 Å². The summed E-state index contributed by atoms with van der Waals surface area (Å²) in [6.07, 6.45) is 1.86. The molecule has 1 aromatic carbocycles. The van der Waals surface area contributed by atoms with E-state index in [1.807, 2.05) is 0 Å². The first kappa shape index (κ1) is 15.4. The van der Waals surface area contributed by atoms with E-state index in [0.717, 1.165) is 17.3 Å². The quantitative estimate of drug-likeness (QED) is 0.721. The minimum absolute atomic E-state index is 0.121. The summed E-state index contributed by atoms with van der Waals surface area (Å²) >= 11 is 6.65. The molecule has 2 rings (SSSR count). The van der Waals surface area contributed by atoms with Crippen molar-refractivity contribution < 1.29 is 13.2 Å². The van der Waals surface area contributed by atoms with Crippen molar-refractivity contribution in [3.8, 4) is 0 Å². The van der Waals surface area contributed by atoms with E-state index < -0.39 is 10.0 Å². The molecule has 0 saturated heterocycles. The SMILES string of the molecule is COCCN(C1CC1)S(=O)(=O)c1ccc(Br)cc1Br. The average molecular weight is 413 g/mol. The van der Waals surface area contributed by atoms with Gasteiger partial charge >= 0.3 is 0 Å². The number of sulfonamides is 1. The van der Waals surface area contributed by atoms with E-state index in [0.29, 0.717) is 22.5 Å². The third-order valence-corrected chi connectivity index (χ3v) is 6.37. The van der Waals surface area contributed by atoms with Gasteiger partial charge in [-0.2, -0.15) is 4.31 Å². The fourth-order valence-corrected chi connectivity index (χ4v) is 5.23. The van der Waals surface area contributed by atoms with Crippen LogP contribution in [0.25, 0.3) is 0 Å². The monoisotopic (exact) mass is 411 g/mol. The van der Waals surface area contributed by atoms with Crippen molar-refractivity contribution in [2.45, 2.75) is 23.8 Å². The molecule has 4 nitrogen and oxygen atoms in total. The molecule has 0 radical (unpaired) electrons. The highest BCUT2D eigenvalue weighted by molar-refractivity contribution is 9.11. The van der Waals surface area contributed by atoms with E-state index in [2.05, 4.69) is 31.9 Å². The molecule has 1 aromatic rings. The van der Waals surface area contributed by atoms with Crippen LogP contribution in [0, 0.1) is 0 Å². The Morgan fingerprint density at radius 1 is 1.37 bits per heavy atom. The topological polar surface area (TPSA) is 46.6 Å². The Hall–Kier alpha value is 0.0500. The first-order valence-corrected chi connectivity index (χ1v) is 8.95. The van der Waals surface area contributed by atoms with Gasteiger partial charge in [-0.1, -0.05) is 15.9 Å². The molecule has 0 spiro atoms. The minimum atomic E-state index is -3.47. The number of hydrogen-bond acceptors (Lipinski definition) is 3. The molecule has 0 aliphatic heterocycles. The lowest BCUT2D eigenvalue weighted by Gasteiger charge is -2.22. The number of halogens is 2. The van der Waals surface area contributed by atoms with Crippen LogP contribution in [0.2, 0.25) is 0 Å². The Bertz CT molecular complexity index is 558. The molecule has 1 fully saturated rings. The molecule has 1 aliphatic rings. The van der Waals surface area contributed by atoms with E-state index in [4.69, 9.17) is 4.74 Å². The number of ether oxygens (including phenoxy) is 1. The second kappa shape index (κ2) is 6.22. The lowest BCUT2D eigenvalue weighted by Crippen LogP contribution is -2.36. The fourth-order valence-electron chi connectivity index (χ4n) is 1.85. The standard InChI is InChI=1S/C12H15Br2NO3S/c1-18-7-6-15(10-3-4-10)19(16,17)12-5-2-9(13)8-11(12)14/h2,5,8,10H,3-4,6-7H2,1H3. The average Bonchev–Trinajstić information content (AvgIpc) is 3.13. The highest BCUT2D eigenvalue weighted by Gasteiger charge is 2.38. The van der Waals surface area contributed by atoms with Gasteiger partial charge in [0.15, 0.2) is 0 Å². The molecule has 0 unspecified atom stereocenters. The molecule has 19 heavy (non-hydrogen) atoms. The van der Waals surface area contributed by atoms with E-state index in [1.165, 1.54) is 0 Å². The summed E-state index contributed by atoms with van der Waals surface area (Å²) in [7, 11) is -1.90. The van der Waals surface area contributed by atoms with Crippen LogP contribution in [-0.4, -0.2) is 39.0 Å². The second-order valence-corrected chi connectivity index (χ2v) is 8.04. The van der Waals surface area contributed by atoms with Gasteiger partial charge in [-0.3, -0.25) is 0 Å². The molecule has 0 heterocycles. The van der Waals surface area contributed by atoms with E-state index in [9.17, 15) is 8.42 Å². The molecule has 0 bridgehead atoms. The van der Waals surface area contributed by atoms with Gasteiger partial charge in [0.05, 0.1) is 11.5 Å². The fraction of sp³-hybridized carbons (Fsp3) is 0.500. The van der Waals surface area contributed by atoms with Crippen molar-refractivity contribution in [1.29, 1.82) is 0 Å². The van der Waals surface area contributed by atoms with Crippen LogP contribution >= 0.6 is 31.9 Å². The first-order chi connectivity index (χ1) is 8.96. The molecule has 0 aromatic heterocycles. The largest absolute Gasteiger partial charge is 0.383 e. The Morgan fingerprint density at radius 2 is 2.05 bits per heavy atom. The summed E-state index contributed by atoms with van der Waals surface area (Å²) in [5.74, 6) is 0. The lowest BCUT2D eigenvalue weighted by molar-refractivity contribution is 0.177. The molecule has 1 saturated carbocycles. The highest BCUT2D eigenvalue weighted by Crippen LogP contribution is 2.34. The van der Waals surface area contributed by atoms with Gasteiger partial charge in [0.2, 0.25) is 10.0 Å². The highest BCUT2D eigenvalue weighted by atomic mass is 79.9. The van der Waals surface area contributed by atoms with E-state index in [1.54, 1.807) is 29.6 Å². The van der Waals surface area contributed by atoms with Crippen molar-refractivity contribution in [1.82, 2.24) is 4.31 Å². The third kappa shape index (κ3) is 3.58. The van der Waals surface area contributed by atoms with Gasteiger partial charge in [0.25, 0.3) is 0 Å². The van der Waals surface area contributed by atoms with Crippen LogP contribution in [0.15, 0.2) is 32.0 Å². The summed E-state index contributed by atoms with van der Waals surface area (Å²) in [5, 5.41) is 0. The summed E-state index contributed by atoms with van der Waals surface area (Å²) in [5.41, 5.74) is 0. The molecule has 106 valence electrons. The predicted octanol–water partition coefficient (Wildman–Crippen LogP) is 3.01. The van der Waals surface area contributed by atoms with Gasteiger partial charge in [0.1, 0.15) is 0 Å². The van der Waals surface area contributed by atoms with E-state index in [-0.39, 0.29) is 6.04 Å². The number of rotatable bonds is 6. The molecule has 0 atom stereocenters.